The number of carbonyl (C=O) groups is 5. The molecule has 0 saturated carbocycles. The average molecular weight is 614 g/mol. The van der Waals surface area contributed by atoms with E-state index in [4.69, 9.17) is 10.8 Å². The second-order valence-electron chi connectivity index (χ2n) is 10.2. The highest BCUT2D eigenvalue weighted by molar-refractivity contribution is 5.98. The van der Waals surface area contributed by atoms with Crippen LogP contribution < -0.4 is 27.0 Å². The number of hydrogen-bond donors (Lipinski definition) is 8. The number of fused-ring (bicyclic) bond motifs is 1. The number of nitrogens with one attached hydrogen (secondary N) is 5. The van der Waals surface area contributed by atoms with E-state index in [1.54, 1.807) is 36.8 Å². The Labute approximate surface area is 253 Å². The first-order valence-corrected chi connectivity index (χ1v) is 14.4. The third kappa shape index (κ3) is 11.0. The quantitative estimate of drug-likeness (QED) is 0.0812. The summed E-state index contributed by atoms with van der Waals surface area (Å²) in [5.74, 6) is -2.99. The average Bonchev–Trinajstić information content (AvgIpc) is 3.67. The summed E-state index contributed by atoms with van der Waals surface area (Å²) in [6.07, 6.45) is 7.40. The third-order valence-corrected chi connectivity index (χ3v) is 6.73. The SMILES string of the molecule is N[C@@H](CCC(=O)O)C(=O)NCCCCCC(=O)NC(CNC(=O)c1ccc2c(cnn2CCCNc2ncc[nH]2)c1)C(=O)O. The zero-order valence-corrected chi connectivity index (χ0v) is 24.3. The number of nitrogens with zero attached hydrogens (tertiary/aromatic N) is 3. The van der Waals surface area contributed by atoms with E-state index in [2.05, 4.69) is 36.3 Å². The van der Waals surface area contributed by atoms with Crippen molar-refractivity contribution in [2.45, 2.75) is 63.6 Å². The van der Waals surface area contributed by atoms with Crippen molar-refractivity contribution in [2.24, 2.45) is 5.73 Å². The monoisotopic (exact) mass is 613 g/mol. The minimum Gasteiger partial charge on any atom is -0.481 e. The van der Waals surface area contributed by atoms with Crippen LogP contribution in [-0.2, 0) is 25.7 Å². The van der Waals surface area contributed by atoms with Gasteiger partial charge in [0.1, 0.15) is 6.04 Å². The summed E-state index contributed by atoms with van der Waals surface area (Å²) in [6.45, 7) is 1.38. The van der Waals surface area contributed by atoms with Gasteiger partial charge in [0.05, 0.1) is 17.8 Å². The topological polar surface area (TPSA) is 246 Å². The molecule has 0 saturated heterocycles. The van der Waals surface area contributed by atoms with E-state index in [0.29, 0.717) is 50.4 Å². The predicted octanol–water partition coefficient (Wildman–Crippen LogP) is 0.430. The molecule has 16 nitrogen and oxygen atoms in total. The van der Waals surface area contributed by atoms with Crippen LogP contribution in [-0.4, -0.2) is 91.3 Å². The number of carboxylic acids is 2. The largest absolute Gasteiger partial charge is 0.481 e. The van der Waals surface area contributed by atoms with Crippen molar-refractivity contribution in [3.05, 3.63) is 42.4 Å². The number of carbonyl (C=O) groups excluding carboxylic acids is 3. The Hall–Kier alpha value is -4.99. The van der Waals surface area contributed by atoms with Gasteiger partial charge in [0.15, 0.2) is 5.95 Å². The van der Waals surface area contributed by atoms with E-state index in [9.17, 15) is 29.1 Å². The predicted molar refractivity (Wildman–Crippen MR) is 160 cm³/mol. The molecule has 0 aliphatic rings. The van der Waals surface area contributed by atoms with Crippen LogP contribution in [0.15, 0.2) is 36.8 Å². The third-order valence-electron chi connectivity index (χ3n) is 6.73. The zero-order valence-electron chi connectivity index (χ0n) is 24.3. The normalized spacial score (nSPS) is 12.3. The van der Waals surface area contributed by atoms with Crippen LogP contribution >= 0.6 is 0 Å². The maximum absolute atomic E-state index is 12.7. The highest BCUT2D eigenvalue weighted by Crippen LogP contribution is 2.16. The lowest BCUT2D eigenvalue weighted by Crippen LogP contribution is -2.48. The van der Waals surface area contributed by atoms with Crippen LogP contribution in [0.25, 0.3) is 10.9 Å². The molecule has 0 fully saturated rings. The minimum absolute atomic E-state index is 0.0420. The Morgan fingerprint density at radius 3 is 2.55 bits per heavy atom. The van der Waals surface area contributed by atoms with Crippen molar-refractivity contribution >= 4 is 46.5 Å². The highest BCUT2D eigenvalue weighted by atomic mass is 16.4. The van der Waals surface area contributed by atoms with E-state index < -0.39 is 41.7 Å². The molecule has 2 heterocycles. The summed E-state index contributed by atoms with van der Waals surface area (Å²) in [6, 6.07) is 2.89. The van der Waals surface area contributed by atoms with Crippen LogP contribution in [0, 0.1) is 0 Å². The molecule has 16 heteroatoms. The van der Waals surface area contributed by atoms with Gasteiger partial charge in [0.2, 0.25) is 11.8 Å². The number of benzene rings is 1. The Morgan fingerprint density at radius 1 is 1.00 bits per heavy atom. The second-order valence-corrected chi connectivity index (χ2v) is 10.2. The fraction of sp³-hybridized carbons (Fsp3) is 0.464. The molecule has 3 rings (SSSR count). The maximum atomic E-state index is 12.7. The van der Waals surface area contributed by atoms with Gasteiger partial charge >= 0.3 is 11.9 Å². The number of anilines is 1. The molecule has 0 spiro atoms. The summed E-state index contributed by atoms with van der Waals surface area (Å²) in [5, 5.41) is 34.1. The smallest absolute Gasteiger partial charge is 0.328 e. The Kier molecular flexibility index (Phi) is 13.1. The number of aromatic nitrogens is 4. The number of H-pyrrole nitrogens is 1. The number of unbranched alkanes of at least 4 members (excludes halogenated alkanes) is 2. The first-order valence-electron chi connectivity index (χ1n) is 14.4. The van der Waals surface area contributed by atoms with Gasteiger partial charge in [-0.05, 0) is 43.9 Å². The molecule has 238 valence electrons. The van der Waals surface area contributed by atoms with Crippen molar-refractivity contribution in [1.29, 1.82) is 0 Å². The van der Waals surface area contributed by atoms with Gasteiger partial charge in [-0.1, -0.05) is 6.42 Å². The van der Waals surface area contributed by atoms with E-state index in [1.165, 1.54) is 0 Å². The van der Waals surface area contributed by atoms with Crippen LogP contribution in [0.3, 0.4) is 0 Å². The summed E-state index contributed by atoms with van der Waals surface area (Å²) in [5.41, 5.74) is 6.83. The summed E-state index contributed by atoms with van der Waals surface area (Å²) in [7, 11) is 0. The molecule has 3 amide bonds. The number of carboxylic acid groups (broad SMARTS) is 2. The lowest BCUT2D eigenvalue weighted by Gasteiger charge is -2.15. The molecule has 0 bridgehead atoms. The molecule has 1 unspecified atom stereocenters. The van der Waals surface area contributed by atoms with Crippen molar-refractivity contribution in [1.82, 2.24) is 35.7 Å². The van der Waals surface area contributed by atoms with E-state index in [0.717, 1.165) is 17.3 Å². The van der Waals surface area contributed by atoms with Crippen LogP contribution in [0.4, 0.5) is 5.95 Å². The molecule has 0 aliphatic heterocycles. The van der Waals surface area contributed by atoms with Gasteiger partial charge in [-0.15, -0.1) is 0 Å². The zero-order chi connectivity index (χ0) is 31.9. The van der Waals surface area contributed by atoms with Gasteiger partial charge in [-0.2, -0.15) is 5.10 Å². The fourth-order valence-corrected chi connectivity index (χ4v) is 4.31. The van der Waals surface area contributed by atoms with Crippen LogP contribution in [0.2, 0.25) is 0 Å². The Bertz CT molecular complexity index is 1410. The number of aliphatic carboxylic acids is 2. The molecule has 0 aliphatic carbocycles. The van der Waals surface area contributed by atoms with Gasteiger partial charge in [0.25, 0.3) is 5.91 Å². The van der Waals surface area contributed by atoms with Crippen LogP contribution in [0.1, 0.15) is 55.3 Å². The standard InChI is InChI=1S/C28H39N9O7/c29-20(7-9-24(39)40)26(42)30-10-3-1-2-5-23(38)36-21(27(43)44)17-34-25(41)18-6-8-22-19(15-18)16-35-37(22)14-4-11-31-28-32-12-13-33-28/h6,8,12-13,15-16,20-21H,1-5,7,9-11,14,17,29H2,(H,30,42)(H,34,41)(H,36,38)(H,39,40)(H,43,44)(H2,31,32,33)/t20-,21?/m0/s1. The van der Waals surface area contributed by atoms with Crippen molar-refractivity contribution in [3.8, 4) is 0 Å². The number of imidazole rings is 1. The van der Waals surface area contributed by atoms with Gasteiger partial charge in [-0.25, -0.2) is 9.78 Å². The summed E-state index contributed by atoms with van der Waals surface area (Å²) in [4.78, 5) is 66.2. The number of amides is 3. The Balaban J connectivity index is 1.35. The van der Waals surface area contributed by atoms with Crippen LogP contribution in [0.5, 0.6) is 0 Å². The summed E-state index contributed by atoms with van der Waals surface area (Å²) >= 11 is 0. The Morgan fingerprint density at radius 2 is 1.82 bits per heavy atom. The molecule has 3 aromatic rings. The molecular formula is C28H39N9O7. The second kappa shape index (κ2) is 17.2. The summed E-state index contributed by atoms with van der Waals surface area (Å²) < 4.78 is 1.84. The molecule has 2 aromatic heterocycles. The van der Waals surface area contributed by atoms with Crippen molar-refractivity contribution < 1.29 is 34.2 Å². The number of nitrogens with two attached hydrogens (primary N) is 1. The van der Waals surface area contributed by atoms with E-state index in [1.807, 2.05) is 4.68 Å². The number of aromatic amines is 1. The molecule has 2 atom stereocenters. The first-order chi connectivity index (χ1) is 21.1. The molecule has 9 N–H and O–H groups in total. The van der Waals surface area contributed by atoms with Crippen molar-refractivity contribution in [3.63, 3.8) is 0 Å². The van der Waals surface area contributed by atoms with Gasteiger partial charge < -0.3 is 42.2 Å². The van der Waals surface area contributed by atoms with Gasteiger partial charge in [-0.3, -0.25) is 23.9 Å². The number of hydrogen-bond acceptors (Lipinski definition) is 9. The fourth-order valence-electron chi connectivity index (χ4n) is 4.31. The highest BCUT2D eigenvalue weighted by Gasteiger charge is 2.21. The van der Waals surface area contributed by atoms with Gasteiger partial charge in [0, 0.05) is 62.4 Å². The van der Waals surface area contributed by atoms with E-state index in [-0.39, 0.29) is 25.8 Å². The molecule has 1 aromatic carbocycles. The van der Waals surface area contributed by atoms with E-state index >= 15 is 0 Å². The number of aryl methyl sites for hydroxylation is 1. The minimum atomic E-state index is -1.31. The first kappa shape index (κ1) is 33.5. The molecular weight excluding hydrogens is 574 g/mol. The molecule has 44 heavy (non-hydrogen) atoms. The molecule has 0 radical (unpaired) electrons. The van der Waals surface area contributed by atoms with Crippen molar-refractivity contribution in [2.75, 3.05) is 25.0 Å². The lowest BCUT2D eigenvalue weighted by atomic mass is 10.1. The number of rotatable bonds is 20. The maximum Gasteiger partial charge on any atom is 0.328 e. The lowest BCUT2D eigenvalue weighted by molar-refractivity contribution is -0.141.